The van der Waals surface area contributed by atoms with E-state index in [0.717, 1.165) is 36.6 Å². The molecular formula is C25H29F3N4O2. The van der Waals surface area contributed by atoms with Crippen LogP contribution in [0.25, 0.3) is 0 Å². The van der Waals surface area contributed by atoms with E-state index < -0.39 is 11.7 Å². The molecule has 2 aromatic rings. The lowest BCUT2D eigenvalue weighted by Crippen LogP contribution is -2.47. The molecule has 6 nitrogen and oxygen atoms in total. The average Bonchev–Trinajstić information content (AvgIpc) is 2.83. The van der Waals surface area contributed by atoms with Crippen molar-refractivity contribution in [2.75, 3.05) is 46.3 Å². The number of piperidine rings is 1. The Morgan fingerprint density at radius 2 is 1.44 bits per heavy atom. The van der Waals surface area contributed by atoms with Crippen molar-refractivity contribution in [2.24, 2.45) is 0 Å². The molecule has 0 radical (unpaired) electrons. The Hall–Kier alpha value is -2.94. The molecule has 0 saturated carbocycles. The third-order valence-electron chi connectivity index (χ3n) is 6.71. The van der Waals surface area contributed by atoms with Gasteiger partial charge in [0.25, 0.3) is 11.8 Å². The van der Waals surface area contributed by atoms with Crippen molar-refractivity contribution < 1.29 is 22.8 Å². The Kier molecular flexibility index (Phi) is 6.93. The lowest BCUT2D eigenvalue weighted by atomic mass is 9.89. The van der Waals surface area contributed by atoms with Crippen molar-refractivity contribution >= 4 is 11.8 Å². The highest BCUT2D eigenvalue weighted by molar-refractivity contribution is 5.96. The fraction of sp³-hybridized carbons (Fsp3) is 0.480. The van der Waals surface area contributed by atoms with Crippen molar-refractivity contribution in [1.29, 1.82) is 0 Å². The number of carbonyl (C=O) groups is 2. The lowest BCUT2D eigenvalue weighted by molar-refractivity contribution is -0.137. The highest BCUT2D eigenvalue weighted by Gasteiger charge is 2.32. The smallest absolute Gasteiger partial charge is 0.339 e. The molecule has 34 heavy (non-hydrogen) atoms. The largest absolute Gasteiger partial charge is 0.416 e. The Morgan fingerprint density at radius 1 is 0.853 bits per heavy atom. The molecule has 4 rings (SSSR count). The molecule has 2 amide bonds. The van der Waals surface area contributed by atoms with Gasteiger partial charge in [0.1, 0.15) is 0 Å². The number of rotatable bonds is 3. The minimum absolute atomic E-state index is 0.00106. The number of carbonyl (C=O) groups excluding carboxylic acids is 2. The van der Waals surface area contributed by atoms with Crippen LogP contribution in [-0.2, 0) is 6.18 Å². The van der Waals surface area contributed by atoms with Crippen LogP contribution in [0.3, 0.4) is 0 Å². The summed E-state index contributed by atoms with van der Waals surface area (Å²) in [5, 5.41) is 0. The Labute approximate surface area is 197 Å². The first-order valence-corrected chi connectivity index (χ1v) is 11.6. The quantitative estimate of drug-likeness (QED) is 0.679. The molecule has 1 aromatic heterocycles. The summed E-state index contributed by atoms with van der Waals surface area (Å²) in [6.07, 6.45) is -3.14. The number of piperazine rings is 1. The molecule has 1 aromatic carbocycles. The number of aromatic nitrogens is 1. The van der Waals surface area contributed by atoms with Crippen LogP contribution in [0, 0.1) is 6.92 Å². The zero-order chi connectivity index (χ0) is 24.5. The van der Waals surface area contributed by atoms with Crippen LogP contribution in [0.1, 0.15) is 56.4 Å². The van der Waals surface area contributed by atoms with Crippen LogP contribution in [0.4, 0.5) is 13.2 Å². The van der Waals surface area contributed by atoms with E-state index in [-0.39, 0.29) is 23.3 Å². The Morgan fingerprint density at radius 3 is 2.03 bits per heavy atom. The number of nitrogens with zero attached hydrogens (tertiary/aromatic N) is 4. The van der Waals surface area contributed by atoms with Gasteiger partial charge in [-0.1, -0.05) is 0 Å². The molecule has 0 aliphatic carbocycles. The second kappa shape index (κ2) is 9.74. The van der Waals surface area contributed by atoms with E-state index in [1.807, 2.05) is 31.0 Å². The molecule has 2 aliphatic rings. The summed E-state index contributed by atoms with van der Waals surface area (Å²) >= 11 is 0. The molecule has 0 atom stereocenters. The monoisotopic (exact) mass is 474 g/mol. The van der Waals surface area contributed by atoms with Gasteiger partial charge in [0, 0.05) is 56.4 Å². The lowest BCUT2D eigenvalue weighted by Gasteiger charge is -2.35. The molecule has 2 fully saturated rings. The molecule has 0 bridgehead atoms. The van der Waals surface area contributed by atoms with Crippen LogP contribution in [0.2, 0.25) is 0 Å². The highest BCUT2D eigenvalue weighted by atomic mass is 19.4. The third-order valence-corrected chi connectivity index (χ3v) is 6.71. The minimum Gasteiger partial charge on any atom is -0.339 e. The molecular weight excluding hydrogens is 445 g/mol. The number of amides is 2. The van der Waals surface area contributed by atoms with E-state index in [1.54, 1.807) is 4.90 Å². The Balaban J connectivity index is 1.44. The number of hydrogen-bond donors (Lipinski definition) is 0. The van der Waals surface area contributed by atoms with E-state index in [9.17, 15) is 22.8 Å². The summed E-state index contributed by atoms with van der Waals surface area (Å²) < 4.78 is 38.4. The molecule has 0 spiro atoms. The number of pyridine rings is 1. The van der Waals surface area contributed by atoms with E-state index in [2.05, 4.69) is 4.90 Å². The van der Waals surface area contributed by atoms with Gasteiger partial charge < -0.3 is 14.7 Å². The van der Waals surface area contributed by atoms with Crippen LogP contribution in [0.15, 0.2) is 36.4 Å². The van der Waals surface area contributed by atoms with Gasteiger partial charge in [-0.05, 0) is 63.2 Å². The zero-order valence-corrected chi connectivity index (χ0v) is 19.4. The van der Waals surface area contributed by atoms with Gasteiger partial charge in [0.2, 0.25) is 0 Å². The summed E-state index contributed by atoms with van der Waals surface area (Å²) in [5.41, 5.74) is 1.72. The second-order valence-corrected chi connectivity index (χ2v) is 9.12. The van der Waals surface area contributed by atoms with Gasteiger partial charge in [-0.3, -0.25) is 14.6 Å². The number of alkyl halides is 3. The zero-order valence-electron chi connectivity index (χ0n) is 19.4. The van der Waals surface area contributed by atoms with Gasteiger partial charge in [-0.25, -0.2) is 0 Å². The maximum atomic E-state index is 13.3. The first-order valence-electron chi connectivity index (χ1n) is 11.6. The van der Waals surface area contributed by atoms with Crippen molar-refractivity contribution in [3.8, 4) is 0 Å². The molecule has 9 heteroatoms. The van der Waals surface area contributed by atoms with Crippen LogP contribution in [-0.4, -0.2) is 77.8 Å². The first kappa shape index (κ1) is 24.2. The molecule has 0 N–H and O–H groups in total. The summed E-state index contributed by atoms with van der Waals surface area (Å²) in [5.74, 6) is -0.236. The fourth-order valence-corrected chi connectivity index (χ4v) is 4.59. The number of benzene rings is 1. The maximum Gasteiger partial charge on any atom is 0.416 e. The van der Waals surface area contributed by atoms with Gasteiger partial charge in [-0.15, -0.1) is 0 Å². The number of likely N-dealkylation sites (N-methyl/N-ethyl adjacent to an activating group) is 1. The van der Waals surface area contributed by atoms with Crippen molar-refractivity contribution in [3.63, 3.8) is 0 Å². The van der Waals surface area contributed by atoms with E-state index in [4.69, 9.17) is 4.98 Å². The number of halogens is 3. The molecule has 2 aliphatic heterocycles. The Bertz CT molecular complexity index is 1040. The predicted molar refractivity (Wildman–Crippen MR) is 122 cm³/mol. The molecule has 2 saturated heterocycles. The summed E-state index contributed by atoms with van der Waals surface area (Å²) in [6.45, 7) is 5.86. The van der Waals surface area contributed by atoms with E-state index in [1.165, 1.54) is 12.1 Å². The maximum absolute atomic E-state index is 13.3. The van der Waals surface area contributed by atoms with Gasteiger partial charge in [0.15, 0.2) is 0 Å². The van der Waals surface area contributed by atoms with Gasteiger partial charge in [-0.2, -0.15) is 13.2 Å². The minimum atomic E-state index is -4.43. The van der Waals surface area contributed by atoms with Gasteiger partial charge >= 0.3 is 6.18 Å². The molecule has 3 heterocycles. The van der Waals surface area contributed by atoms with E-state index in [0.29, 0.717) is 44.6 Å². The molecule has 182 valence electrons. The number of likely N-dealkylation sites (tertiary alicyclic amines) is 1. The standard InChI is InChI=1S/C25H29F3N4O2/c1-17-3-8-21(24(34)32-15-13-30(2)14-16-32)22(29-17)18-9-11-31(12-10-18)23(33)19-4-6-20(7-5-19)25(26,27)28/h3-8,18H,9-16H2,1-2H3. The van der Waals surface area contributed by atoms with Crippen LogP contribution in [0.5, 0.6) is 0 Å². The SMILES string of the molecule is Cc1ccc(C(=O)N2CCN(C)CC2)c(C2CCN(C(=O)c3ccc(C(F)(F)F)cc3)CC2)n1. The van der Waals surface area contributed by atoms with E-state index >= 15 is 0 Å². The topological polar surface area (TPSA) is 56.8 Å². The normalized spacial score (nSPS) is 18.3. The van der Waals surface area contributed by atoms with Gasteiger partial charge in [0.05, 0.1) is 16.8 Å². The van der Waals surface area contributed by atoms with Crippen molar-refractivity contribution in [3.05, 3.63) is 64.5 Å². The number of hydrogen-bond acceptors (Lipinski definition) is 4. The predicted octanol–water partition coefficient (Wildman–Crippen LogP) is 3.82. The summed E-state index contributed by atoms with van der Waals surface area (Å²) in [4.78, 5) is 36.5. The van der Waals surface area contributed by atoms with Crippen molar-refractivity contribution in [1.82, 2.24) is 19.7 Å². The van der Waals surface area contributed by atoms with Crippen molar-refractivity contribution in [2.45, 2.75) is 31.9 Å². The summed E-state index contributed by atoms with van der Waals surface area (Å²) in [7, 11) is 2.04. The summed E-state index contributed by atoms with van der Waals surface area (Å²) in [6, 6.07) is 8.05. The first-order chi connectivity index (χ1) is 16.1. The van der Waals surface area contributed by atoms with Crippen LogP contribution >= 0.6 is 0 Å². The average molecular weight is 475 g/mol. The third kappa shape index (κ3) is 5.24. The van der Waals surface area contributed by atoms with Crippen LogP contribution < -0.4 is 0 Å². The molecule has 0 unspecified atom stereocenters. The highest BCUT2D eigenvalue weighted by Crippen LogP contribution is 2.32. The second-order valence-electron chi connectivity index (χ2n) is 9.12. The fourth-order valence-electron chi connectivity index (χ4n) is 4.59. The number of aryl methyl sites for hydroxylation is 1.